The minimum Gasteiger partial charge on any atom is -0.310 e. The summed E-state index contributed by atoms with van der Waals surface area (Å²) in [6, 6.07) is 60.6. The number of hydrogen-bond donors (Lipinski definition) is 0. The Balaban J connectivity index is 1.23. The Bertz CT molecular complexity index is 2160. The summed E-state index contributed by atoms with van der Waals surface area (Å²) in [5.74, 6) is 0. The molecule has 0 atom stereocenters. The lowest BCUT2D eigenvalue weighted by atomic mass is 10.0. The number of allylic oxidation sites excluding steroid dienone is 2. The van der Waals surface area contributed by atoms with E-state index in [4.69, 9.17) is 0 Å². The van der Waals surface area contributed by atoms with Crippen molar-refractivity contribution in [3.05, 3.63) is 200 Å². The maximum absolute atomic E-state index is 3.85. The van der Waals surface area contributed by atoms with E-state index >= 15 is 0 Å². The second-order valence-corrected chi connectivity index (χ2v) is 11.9. The molecule has 232 valence electrons. The maximum atomic E-state index is 3.85. The molecule has 2 heteroatoms. The molecule has 0 aliphatic rings. The predicted molar refractivity (Wildman–Crippen MR) is 207 cm³/mol. The van der Waals surface area contributed by atoms with Gasteiger partial charge in [-0.3, -0.25) is 0 Å². The standard InChI is InChI=1S/C46H38N2/c1-3-4-7-16-36-18-14-25-45(35(36)2)47(40-20-8-5-9-21-40)42-31-27-37(28-32-42)38-29-33-43(34-30-38)48(41-22-10-6-11-23-41)46-26-15-19-39-17-12-13-24-44(39)46/h3,5-34H,1,4H2,2H3/b16-7-. The number of para-hydroxylation sites is 2. The molecule has 0 bridgehead atoms. The first kappa shape index (κ1) is 30.5. The maximum Gasteiger partial charge on any atom is 0.0540 e. The van der Waals surface area contributed by atoms with Crippen molar-refractivity contribution in [2.75, 3.05) is 9.80 Å². The third kappa shape index (κ3) is 6.29. The van der Waals surface area contributed by atoms with Crippen molar-refractivity contribution in [2.45, 2.75) is 13.3 Å². The third-order valence-electron chi connectivity index (χ3n) is 8.81. The van der Waals surface area contributed by atoms with Gasteiger partial charge < -0.3 is 9.80 Å². The largest absolute Gasteiger partial charge is 0.310 e. The van der Waals surface area contributed by atoms with E-state index in [2.05, 4.69) is 205 Å². The van der Waals surface area contributed by atoms with E-state index in [0.29, 0.717) is 0 Å². The molecule has 0 aliphatic carbocycles. The van der Waals surface area contributed by atoms with Crippen LogP contribution in [0, 0.1) is 6.92 Å². The predicted octanol–water partition coefficient (Wildman–Crippen LogP) is 13.3. The summed E-state index contributed by atoms with van der Waals surface area (Å²) >= 11 is 0. The van der Waals surface area contributed by atoms with Gasteiger partial charge in [0.2, 0.25) is 0 Å². The zero-order valence-electron chi connectivity index (χ0n) is 27.2. The van der Waals surface area contributed by atoms with Gasteiger partial charge in [-0.1, -0.05) is 127 Å². The van der Waals surface area contributed by atoms with Crippen molar-refractivity contribution >= 4 is 51.0 Å². The van der Waals surface area contributed by atoms with Crippen molar-refractivity contribution in [2.24, 2.45) is 0 Å². The molecule has 0 unspecified atom stereocenters. The first-order valence-electron chi connectivity index (χ1n) is 16.5. The van der Waals surface area contributed by atoms with E-state index < -0.39 is 0 Å². The van der Waals surface area contributed by atoms with Crippen LogP contribution in [-0.2, 0) is 0 Å². The molecule has 7 aromatic carbocycles. The van der Waals surface area contributed by atoms with Crippen molar-refractivity contribution < 1.29 is 0 Å². The number of fused-ring (bicyclic) bond motifs is 1. The topological polar surface area (TPSA) is 6.48 Å². The average molecular weight is 619 g/mol. The van der Waals surface area contributed by atoms with E-state index in [9.17, 15) is 0 Å². The fraction of sp³-hybridized carbons (Fsp3) is 0.0435. The fourth-order valence-electron chi connectivity index (χ4n) is 6.37. The minimum absolute atomic E-state index is 0.849. The van der Waals surface area contributed by atoms with Crippen molar-refractivity contribution in [3.8, 4) is 11.1 Å². The van der Waals surface area contributed by atoms with Gasteiger partial charge in [-0.25, -0.2) is 0 Å². The van der Waals surface area contributed by atoms with Crippen LogP contribution in [0.2, 0.25) is 0 Å². The zero-order chi connectivity index (χ0) is 32.7. The van der Waals surface area contributed by atoms with Gasteiger partial charge in [0.25, 0.3) is 0 Å². The second-order valence-electron chi connectivity index (χ2n) is 11.9. The van der Waals surface area contributed by atoms with Gasteiger partial charge in [-0.05, 0) is 102 Å². The molecule has 0 saturated carbocycles. The van der Waals surface area contributed by atoms with Crippen LogP contribution in [0.25, 0.3) is 28.0 Å². The van der Waals surface area contributed by atoms with Gasteiger partial charge in [-0.2, -0.15) is 0 Å². The Hall–Kier alpha value is -6.12. The van der Waals surface area contributed by atoms with Gasteiger partial charge in [0.05, 0.1) is 5.69 Å². The third-order valence-corrected chi connectivity index (χ3v) is 8.81. The van der Waals surface area contributed by atoms with Crippen molar-refractivity contribution in [1.82, 2.24) is 0 Å². The molecule has 7 aromatic rings. The molecule has 0 N–H and O–H groups in total. The molecule has 0 radical (unpaired) electrons. The number of rotatable bonds is 10. The molecule has 0 heterocycles. The SMILES string of the molecule is C=CC/C=C\c1cccc(N(c2ccccc2)c2ccc(-c3ccc(N(c4ccccc4)c4cccc5ccccc45)cc3)cc2)c1C. The van der Waals surface area contributed by atoms with Gasteiger partial charge in [0.15, 0.2) is 0 Å². The number of nitrogens with zero attached hydrogens (tertiary/aromatic N) is 2. The van der Waals surface area contributed by atoms with Crippen LogP contribution in [0.3, 0.4) is 0 Å². The average Bonchev–Trinajstić information content (AvgIpc) is 3.15. The van der Waals surface area contributed by atoms with E-state index in [1.54, 1.807) is 0 Å². The van der Waals surface area contributed by atoms with E-state index in [1.165, 1.54) is 33.0 Å². The van der Waals surface area contributed by atoms with Crippen LogP contribution in [0.1, 0.15) is 17.5 Å². The highest BCUT2D eigenvalue weighted by atomic mass is 15.1. The van der Waals surface area contributed by atoms with E-state index in [0.717, 1.165) is 40.5 Å². The second kappa shape index (κ2) is 14.1. The van der Waals surface area contributed by atoms with Crippen LogP contribution in [-0.4, -0.2) is 0 Å². The molecule has 0 saturated heterocycles. The summed E-state index contributed by atoms with van der Waals surface area (Å²) in [7, 11) is 0. The Morgan fingerprint density at radius 3 is 1.56 bits per heavy atom. The summed E-state index contributed by atoms with van der Waals surface area (Å²) in [6.07, 6.45) is 7.12. The molecule has 0 aromatic heterocycles. The molecule has 0 aliphatic heterocycles. The Morgan fingerprint density at radius 2 is 0.958 bits per heavy atom. The van der Waals surface area contributed by atoms with Gasteiger partial charge in [-0.15, -0.1) is 6.58 Å². The molecule has 0 fully saturated rings. The zero-order valence-corrected chi connectivity index (χ0v) is 27.2. The molecule has 48 heavy (non-hydrogen) atoms. The highest BCUT2D eigenvalue weighted by molar-refractivity contribution is 5.99. The Labute approximate surface area is 284 Å². The van der Waals surface area contributed by atoms with Crippen LogP contribution >= 0.6 is 0 Å². The van der Waals surface area contributed by atoms with Gasteiger partial charge in [0, 0.05) is 33.8 Å². The highest BCUT2D eigenvalue weighted by Gasteiger charge is 2.17. The fourth-order valence-corrected chi connectivity index (χ4v) is 6.37. The van der Waals surface area contributed by atoms with Crippen LogP contribution in [0.5, 0.6) is 0 Å². The van der Waals surface area contributed by atoms with Crippen LogP contribution in [0.15, 0.2) is 189 Å². The van der Waals surface area contributed by atoms with Gasteiger partial charge in [0.1, 0.15) is 0 Å². The molecular weight excluding hydrogens is 581 g/mol. The molecule has 0 amide bonds. The van der Waals surface area contributed by atoms with Crippen LogP contribution in [0.4, 0.5) is 34.1 Å². The summed E-state index contributed by atoms with van der Waals surface area (Å²) in [5, 5.41) is 2.45. The molecular formula is C46H38N2. The van der Waals surface area contributed by atoms with E-state index in [1.807, 2.05) is 6.08 Å². The molecule has 2 nitrogen and oxygen atoms in total. The van der Waals surface area contributed by atoms with Crippen molar-refractivity contribution in [1.29, 1.82) is 0 Å². The molecule has 7 rings (SSSR count). The normalized spacial score (nSPS) is 11.1. The van der Waals surface area contributed by atoms with E-state index in [-0.39, 0.29) is 0 Å². The first-order valence-corrected chi connectivity index (χ1v) is 16.5. The lowest BCUT2D eigenvalue weighted by Crippen LogP contribution is -2.11. The van der Waals surface area contributed by atoms with Crippen molar-refractivity contribution in [3.63, 3.8) is 0 Å². The summed E-state index contributed by atoms with van der Waals surface area (Å²) < 4.78 is 0. The lowest BCUT2D eigenvalue weighted by molar-refractivity contribution is 1.24. The first-order chi connectivity index (χ1) is 23.7. The monoisotopic (exact) mass is 618 g/mol. The number of benzene rings is 7. The summed E-state index contributed by atoms with van der Waals surface area (Å²) in [5.41, 5.74) is 11.6. The smallest absolute Gasteiger partial charge is 0.0540 e. The summed E-state index contributed by atoms with van der Waals surface area (Å²) in [4.78, 5) is 4.69. The lowest BCUT2D eigenvalue weighted by Gasteiger charge is -2.28. The minimum atomic E-state index is 0.849. The molecule has 0 spiro atoms. The summed E-state index contributed by atoms with van der Waals surface area (Å²) in [6.45, 7) is 6.05. The number of anilines is 6. The van der Waals surface area contributed by atoms with Crippen LogP contribution < -0.4 is 9.80 Å². The Kier molecular flexibility index (Phi) is 8.97. The highest BCUT2D eigenvalue weighted by Crippen LogP contribution is 2.41. The van der Waals surface area contributed by atoms with Gasteiger partial charge >= 0.3 is 0 Å². The number of hydrogen-bond acceptors (Lipinski definition) is 2. The Morgan fingerprint density at radius 1 is 0.479 bits per heavy atom. The quantitative estimate of drug-likeness (QED) is 0.141.